The van der Waals surface area contributed by atoms with Gasteiger partial charge in [0.25, 0.3) is 0 Å². The second-order valence-corrected chi connectivity index (χ2v) is 5.33. The quantitative estimate of drug-likeness (QED) is 0.885. The van der Waals surface area contributed by atoms with Crippen LogP contribution < -0.4 is 10.1 Å². The molecule has 3 heteroatoms. The maximum atomic E-state index is 13.5. The van der Waals surface area contributed by atoms with Crippen LogP contribution >= 0.6 is 0 Å². The van der Waals surface area contributed by atoms with Crippen LogP contribution in [0.3, 0.4) is 0 Å². The molecule has 0 aliphatic carbocycles. The van der Waals surface area contributed by atoms with Gasteiger partial charge in [-0.25, -0.2) is 4.39 Å². The van der Waals surface area contributed by atoms with E-state index in [9.17, 15) is 4.39 Å². The Morgan fingerprint density at radius 2 is 2.00 bits per heavy atom. The monoisotopic (exact) mass is 271 g/mol. The Hall–Kier alpha value is -2.03. The zero-order valence-electron chi connectivity index (χ0n) is 12.0. The molecular formula is C17H18FNO. The lowest BCUT2D eigenvalue weighted by molar-refractivity contribution is 0.406. The van der Waals surface area contributed by atoms with E-state index < -0.39 is 0 Å². The summed E-state index contributed by atoms with van der Waals surface area (Å²) >= 11 is 0. The van der Waals surface area contributed by atoms with Crippen LogP contribution in [-0.2, 0) is 6.42 Å². The fourth-order valence-electron chi connectivity index (χ4n) is 2.85. The Bertz CT molecular complexity index is 666. The van der Waals surface area contributed by atoms with E-state index in [2.05, 4.69) is 31.3 Å². The molecule has 104 valence electrons. The van der Waals surface area contributed by atoms with Crippen molar-refractivity contribution < 1.29 is 9.13 Å². The van der Waals surface area contributed by atoms with Crippen LogP contribution in [-0.4, -0.2) is 7.11 Å². The molecule has 1 N–H and O–H groups in total. The summed E-state index contributed by atoms with van der Waals surface area (Å²) in [6, 6.07) is 9.03. The van der Waals surface area contributed by atoms with Crippen molar-refractivity contribution in [2.75, 3.05) is 12.4 Å². The van der Waals surface area contributed by atoms with Gasteiger partial charge in [-0.1, -0.05) is 12.1 Å². The number of methoxy groups -OCH3 is 1. The summed E-state index contributed by atoms with van der Waals surface area (Å²) in [5.74, 6) is 0.498. The molecule has 1 atom stereocenters. The number of fused-ring (bicyclic) bond motifs is 1. The molecule has 20 heavy (non-hydrogen) atoms. The molecule has 1 unspecified atom stereocenters. The molecule has 1 heterocycles. The van der Waals surface area contributed by atoms with Crippen molar-refractivity contribution in [1.29, 1.82) is 0 Å². The van der Waals surface area contributed by atoms with E-state index in [1.165, 1.54) is 28.4 Å². The average Bonchev–Trinajstić information content (AvgIpc) is 2.88. The van der Waals surface area contributed by atoms with Gasteiger partial charge in [-0.2, -0.15) is 0 Å². The summed E-state index contributed by atoms with van der Waals surface area (Å²) < 4.78 is 18.9. The Labute approximate surface area is 118 Å². The minimum Gasteiger partial charge on any atom is -0.496 e. The number of aryl methyl sites for hydroxylation is 1. The largest absolute Gasteiger partial charge is 0.496 e. The van der Waals surface area contributed by atoms with Crippen LogP contribution in [0.15, 0.2) is 30.3 Å². The SMILES string of the molecule is COc1ccc(F)cc1C1Cc2ccc(C)c(C)c2N1. The van der Waals surface area contributed by atoms with Crippen LogP contribution in [0.4, 0.5) is 10.1 Å². The lowest BCUT2D eigenvalue weighted by Crippen LogP contribution is -2.08. The van der Waals surface area contributed by atoms with Crippen molar-refractivity contribution in [2.45, 2.75) is 26.3 Å². The van der Waals surface area contributed by atoms with E-state index in [1.807, 2.05) is 0 Å². The molecule has 1 aliphatic heterocycles. The lowest BCUT2D eigenvalue weighted by atomic mass is 10.00. The minimum absolute atomic E-state index is 0.0659. The maximum absolute atomic E-state index is 13.5. The van der Waals surface area contributed by atoms with E-state index in [1.54, 1.807) is 19.2 Å². The van der Waals surface area contributed by atoms with Crippen molar-refractivity contribution in [3.8, 4) is 5.75 Å². The zero-order chi connectivity index (χ0) is 14.3. The number of hydrogen-bond acceptors (Lipinski definition) is 2. The van der Waals surface area contributed by atoms with Gasteiger partial charge >= 0.3 is 0 Å². The number of hydrogen-bond donors (Lipinski definition) is 1. The molecule has 0 radical (unpaired) electrons. The first-order valence-corrected chi connectivity index (χ1v) is 6.79. The molecular weight excluding hydrogens is 253 g/mol. The number of rotatable bonds is 2. The van der Waals surface area contributed by atoms with Crippen LogP contribution in [0, 0.1) is 19.7 Å². The third-order valence-electron chi connectivity index (χ3n) is 4.13. The van der Waals surface area contributed by atoms with Gasteiger partial charge in [0, 0.05) is 11.3 Å². The van der Waals surface area contributed by atoms with E-state index >= 15 is 0 Å². The van der Waals surface area contributed by atoms with Gasteiger partial charge < -0.3 is 10.1 Å². The van der Waals surface area contributed by atoms with Crippen LogP contribution in [0.1, 0.15) is 28.3 Å². The third kappa shape index (κ3) is 2.03. The summed E-state index contributed by atoms with van der Waals surface area (Å²) in [7, 11) is 1.62. The molecule has 0 spiro atoms. The van der Waals surface area contributed by atoms with Gasteiger partial charge in [0.2, 0.25) is 0 Å². The first kappa shape index (κ1) is 13.0. The molecule has 2 aromatic carbocycles. The van der Waals surface area contributed by atoms with E-state index in [0.717, 1.165) is 17.7 Å². The van der Waals surface area contributed by atoms with Gasteiger partial charge in [-0.15, -0.1) is 0 Å². The van der Waals surface area contributed by atoms with Crippen molar-refractivity contribution in [1.82, 2.24) is 0 Å². The van der Waals surface area contributed by atoms with Crippen molar-refractivity contribution >= 4 is 5.69 Å². The molecule has 2 nitrogen and oxygen atoms in total. The van der Waals surface area contributed by atoms with Crippen LogP contribution in [0.2, 0.25) is 0 Å². The molecule has 0 fully saturated rings. The number of nitrogens with one attached hydrogen (secondary N) is 1. The molecule has 0 bridgehead atoms. The molecule has 2 aromatic rings. The third-order valence-corrected chi connectivity index (χ3v) is 4.13. The number of benzene rings is 2. The smallest absolute Gasteiger partial charge is 0.124 e. The van der Waals surface area contributed by atoms with E-state index in [4.69, 9.17) is 4.74 Å². The Morgan fingerprint density at radius 3 is 2.75 bits per heavy atom. The zero-order valence-corrected chi connectivity index (χ0v) is 12.0. The standard InChI is InChI=1S/C17H18FNO/c1-10-4-5-12-8-15(19-17(12)11(10)2)14-9-13(18)6-7-16(14)20-3/h4-7,9,15,19H,8H2,1-3H3. The van der Waals surface area contributed by atoms with Gasteiger partial charge in [-0.05, 0) is 55.2 Å². The molecule has 0 amide bonds. The van der Waals surface area contributed by atoms with Crippen molar-refractivity contribution in [3.05, 3.63) is 58.4 Å². The fraction of sp³-hybridized carbons (Fsp3) is 0.294. The molecule has 3 rings (SSSR count). The Morgan fingerprint density at radius 1 is 1.20 bits per heavy atom. The van der Waals surface area contributed by atoms with Crippen LogP contribution in [0.25, 0.3) is 0 Å². The predicted molar refractivity (Wildman–Crippen MR) is 78.9 cm³/mol. The highest BCUT2D eigenvalue weighted by Crippen LogP contribution is 2.40. The van der Waals surface area contributed by atoms with Crippen LogP contribution in [0.5, 0.6) is 5.75 Å². The van der Waals surface area contributed by atoms with Crippen molar-refractivity contribution in [3.63, 3.8) is 0 Å². The molecule has 0 aromatic heterocycles. The topological polar surface area (TPSA) is 21.3 Å². The molecule has 0 saturated heterocycles. The highest BCUT2D eigenvalue weighted by Gasteiger charge is 2.26. The second-order valence-electron chi connectivity index (χ2n) is 5.33. The lowest BCUT2D eigenvalue weighted by Gasteiger charge is -2.16. The summed E-state index contributed by atoms with van der Waals surface area (Å²) in [5, 5.41) is 3.52. The van der Waals surface area contributed by atoms with E-state index in [0.29, 0.717) is 0 Å². The van der Waals surface area contributed by atoms with Gasteiger partial charge in [0.15, 0.2) is 0 Å². The normalized spacial score (nSPS) is 16.7. The first-order valence-electron chi connectivity index (χ1n) is 6.79. The minimum atomic E-state index is -0.230. The van der Waals surface area contributed by atoms with Gasteiger partial charge in [-0.3, -0.25) is 0 Å². The van der Waals surface area contributed by atoms with E-state index in [-0.39, 0.29) is 11.9 Å². The molecule has 1 aliphatic rings. The predicted octanol–water partition coefficient (Wildman–Crippen LogP) is 4.16. The second kappa shape index (κ2) is 4.82. The number of anilines is 1. The number of ether oxygens (including phenoxy) is 1. The summed E-state index contributed by atoms with van der Waals surface area (Å²) in [4.78, 5) is 0. The summed E-state index contributed by atoms with van der Waals surface area (Å²) in [6.07, 6.45) is 0.857. The summed E-state index contributed by atoms with van der Waals surface area (Å²) in [5.41, 5.74) is 5.87. The maximum Gasteiger partial charge on any atom is 0.124 e. The first-order chi connectivity index (χ1) is 9.60. The highest BCUT2D eigenvalue weighted by atomic mass is 19.1. The Kier molecular flexibility index (Phi) is 3.13. The Balaban J connectivity index is 2.00. The van der Waals surface area contributed by atoms with Gasteiger partial charge in [0.05, 0.1) is 13.2 Å². The fourth-order valence-corrected chi connectivity index (χ4v) is 2.85. The van der Waals surface area contributed by atoms with Crippen molar-refractivity contribution in [2.24, 2.45) is 0 Å². The molecule has 0 saturated carbocycles. The number of halogens is 1. The summed E-state index contributed by atoms with van der Waals surface area (Å²) in [6.45, 7) is 4.22. The average molecular weight is 271 g/mol. The van der Waals surface area contributed by atoms with Gasteiger partial charge in [0.1, 0.15) is 11.6 Å². The highest BCUT2D eigenvalue weighted by molar-refractivity contribution is 5.65.